The summed E-state index contributed by atoms with van der Waals surface area (Å²) >= 11 is 3.22. The van der Waals surface area contributed by atoms with Crippen LogP contribution in [0.25, 0.3) is 0 Å². The predicted octanol–water partition coefficient (Wildman–Crippen LogP) is 1.79. The number of likely N-dealkylation sites (tertiary alicyclic amines) is 1. The van der Waals surface area contributed by atoms with Crippen molar-refractivity contribution in [3.63, 3.8) is 0 Å². The number of phenolic OH excluding ortho intramolecular Hbond substituents is 1. The maximum atomic E-state index is 12.2. The first-order chi connectivity index (χ1) is 10.9. The smallest absolute Gasteiger partial charge is 0.317 e. The summed E-state index contributed by atoms with van der Waals surface area (Å²) in [4.78, 5) is 25.2. The summed E-state index contributed by atoms with van der Waals surface area (Å²) in [6, 6.07) is 4.65. The molecule has 3 N–H and O–H groups in total. The molecule has 2 amide bonds. The third kappa shape index (κ3) is 3.94. The number of hydrogen-bond donors (Lipinski definition) is 3. The molecule has 1 aromatic rings. The van der Waals surface area contributed by atoms with Gasteiger partial charge in [-0.15, -0.1) is 0 Å². The van der Waals surface area contributed by atoms with Crippen LogP contribution in [0, 0.1) is 5.41 Å². The van der Waals surface area contributed by atoms with Crippen molar-refractivity contribution in [2.24, 2.45) is 5.41 Å². The normalized spacial score (nSPS) is 20.5. The van der Waals surface area contributed by atoms with E-state index < -0.39 is 11.4 Å². The van der Waals surface area contributed by atoms with Crippen molar-refractivity contribution in [2.75, 3.05) is 26.8 Å². The zero-order valence-corrected chi connectivity index (χ0v) is 14.3. The van der Waals surface area contributed by atoms with Gasteiger partial charge in [0.15, 0.2) is 0 Å². The van der Waals surface area contributed by atoms with Crippen LogP contribution < -0.4 is 5.32 Å². The molecule has 1 aliphatic rings. The molecule has 2 rings (SSSR count). The summed E-state index contributed by atoms with van der Waals surface area (Å²) in [7, 11) is 1.45. The number of rotatable bonds is 5. The lowest BCUT2D eigenvalue weighted by atomic mass is 9.88. The van der Waals surface area contributed by atoms with E-state index in [1.54, 1.807) is 12.1 Å². The van der Waals surface area contributed by atoms with Crippen LogP contribution in [0.1, 0.15) is 12.0 Å². The van der Waals surface area contributed by atoms with Crippen molar-refractivity contribution >= 4 is 27.9 Å². The maximum Gasteiger partial charge on any atom is 0.317 e. The van der Waals surface area contributed by atoms with Crippen LogP contribution in [0.4, 0.5) is 4.79 Å². The number of halogens is 1. The van der Waals surface area contributed by atoms with Crippen molar-refractivity contribution < 1.29 is 24.5 Å². The van der Waals surface area contributed by atoms with Crippen molar-refractivity contribution in [1.29, 1.82) is 0 Å². The summed E-state index contributed by atoms with van der Waals surface area (Å²) in [5, 5.41) is 21.6. The van der Waals surface area contributed by atoms with E-state index in [0.717, 1.165) is 5.56 Å². The van der Waals surface area contributed by atoms with Crippen LogP contribution in [0.3, 0.4) is 0 Å². The number of aliphatic carboxylic acids is 1. The average molecular weight is 387 g/mol. The number of carboxylic acid groups (broad SMARTS) is 1. The van der Waals surface area contributed by atoms with Gasteiger partial charge in [0.25, 0.3) is 0 Å². The highest BCUT2D eigenvalue weighted by molar-refractivity contribution is 9.10. The molecule has 0 bridgehead atoms. The molecule has 126 valence electrons. The molecule has 0 radical (unpaired) electrons. The first-order valence-electron chi connectivity index (χ1n) is 7.10. The Hall–Kier alpha value is -1.80. The number of carbonyl (C=O) groups is 2. The Bertz CT molecular complexity index is 610. The quantitative estimate of drug-likeness (QED) is 0.716. The lowest BCUT2D eigenvalue weighted by Crippen LogP contribution is -2.43. The predicted molar refractivity (Wildman–Crippen MR) is 86.2 cm³/mol. The van der Waals surface area contributed by atoms with Crippen LogP contribution in [0.15, 0.2) is 22.7 Å². The van der Waals surface area contributed by atoms with Crippen molar-refractivity contribution in [3.05, 3.63) is 28.2 Å². The van der Waals surface area contributed by atoms with E-state index in [0.29, 0.717) is 24.0 Å². The molecular weight excluding hydrogens is 368 g/mol. The molecule has 1 atom stereocenters. The van der Waals surface area contributed by atoms with E-state index in [4.69, 9.17) is 4.74 Å². The van der Waals surface area contributed by atoms with Crippen molar-refractivity contribution in [1.82, 2.24) is 10.2 Å². The van der Waals surface area contributed by atoms with Gasteiger partial charge in [-0.2, -0.15) is 0 Å². The lowest BCUT2D eigenvalue weighted by Gasteiger charge is -2.24. The van der Waals surface area contributed by atoms with Gasteiger partial charge < -0.3 is 25.2 Å². The highest BCUT2D eigenvalue weighted by Crippen LogP contribution is 2.31. The number of ether oxygens (including phenoxy) is 1. The lowest BCUT2D eigenvalue weighted by molar-refractivity contribution is -0.151. The fourth-order valence-corrected chi connectivity index (χ4v) is 3.05. The highest BCUT2D eigenvalue weighted by Gasteiger charge is 2.46. The summed E-state index contributed by atoms with van der Waals surface area (Å²) in [6.07, 6.45) is 0.369. The number of carbonyl (C=O) groups excluding carboxylic acids is 1. The van der Waals surface area contributed by atoms with E-state index in [1.165, 1.54) is 18.1 Å². The molecule has 1 heterocycles. The summed E-state index contributed by atoms with van der Waals surface area (Å²) in [5.74, 6) is -0.817. The van der Waals surface area contributed by atoms with E-state index in [1.807, 2.05) is 0 Å². The molecule has 1 aliphatic heterocycles. The Labute approximate surface area is 142 Å². The molecule has 1 aromatic carbocycles. The number of nitrogens with zero attached hydrogens (tertiary/aromatic N) is 1. The zero-order chi connectivity index (χ0) is 17.0. The van der Waals surface area contributed by atoms with E-state index in [9.17, 15) is 19.8 Å². The molecule has 23 heavy (non-hydrogen) atoms. The van der Waals surface area contributed by atoms with Gasteiger partial charge in [-0.3, -0.25) is 4.79 Å². The van der Waals surface area contributed by atoms with Gasteiger partial charge >= 0.3 is 12.0 Å². The zero-order valence-electron chi connectivity index (χ0n) is 12.7. The van der Waals surface area contributed by atoms with E-state index >= 15 is 0 Å². The first-order valence-corrected chi connectivity index (χ1v) is 7.90. The summed E-state index contributed by atoms with van der Waals surface area (Å²) in [5.41, 5.74) is -0.211. The Morgan fingerprint density at radius 3 is 2.83 bits per heavy atom. The number of carboxylic acids is 1. The number of aromatic hydroxyl groups is 1. The fraction of sp³-hybridized carbons (Fsp3) is 0.467. The molecule has 0 spiro atoms. The standard InChI is InChI=1S/C15H19BrN2O5/c1-23-9-15(13(20)21)4-5-18(8-15)14(22)17-7-10-2-3-12(19)11(16)6-10/h2-3,6,19H,4-5,7-9H2,1H3,(H,17,22)(H,20,21). The highest BCUT2D eigenvalue weighted by atomic mass is 79.9. The van der Waals surface area contributed by atoms with E-state index in [-0.39, 0.29) is 24.9 Å². The number of urea groups is 1. The third-order valence-electron chi connectivity index (χ3n) is 3.97. The van der Waals surface area contributed by atoms with Crippen molar-refractivity contribution in [2.45, 2.75) is 13.0 Å². The van der Waals surface area contributed by atoms with Gasteiger partial charge in [0.1, 0.15) is 11.2 Å². The van der Waals surface area contributed by atoms with Crippen LogP contribution in [-0.2, 0) is 16.1 Å². The molecule has 0 saturated carbocycles. The SMILES string of the molecule is COCC1(C(=O)O)CCN(C(=O)NCc2ccc(O)c(Br)c2)C1. The van der Waals surface area contributed by atoms with Crippen LogP contribution >= 0.6 is 15.9 Å². The first kappa shape index (κ1) is 17.6. The van der Waals surface area contributed by atoms with Gasteiger partial charge in [-0.1, -0.05) is 6.07 Å². The number of phenols is 1. The minimum absolute atomic E-state index is 0.0804. The minimum Gasteiger partial charge on any atom is -0.507 e. The molecule has 7 nitrogen and oxygen atoms in total. The second-order valence-corrected chi connectivity index (χ2v) is 6.49. The third-order valence-corrected chi connectivity index (χ3v) is 4.61. The molecular formula is C15H19BrN2O5. The molecule has 1 unspecified atom stereocenters. The van der Waals surface area contributed by atoms with Crippen LogP contribution in [-0.4, -0.2) is 53.9 Å². The monoisotopic (exact) mass is 386 g/mol. The van der Waals surface area contributed by atoms with Gasteiger partial charge in [0, 0.05) is 26.7 Å². The van der Waals surface area contributed by atoms with Crippen LogP contribution in [0.2, 0.25) is 0 Å². The largest absolute Gasteiger partial charge is 0.507 e. The second-order valence-electron chi connectivity index (χ2n) is 5.63. The summed E-state index contributed by atoms with van der Waals surface area (Å²) in [6.45, 7) is 0.873. The van der Waals surface area contributed by atoms with Gasteiger partial charge in [-0.05, 0) is 40.0 Å². The average Bonchev–Trinajstić information content (AvgIpc) is 2.94. The molecule has 1 saturated heterocycles. The number of amides is 2. The molecule has 0 aliphatic carbocycles. The number of methoxy groups -OCH3 is 1. The van der Waals surface area contributed by atoms with Gasteiger partial charge in [0.2, 0.25) is 0 Å². The number of benzene rings is 1. The Morgan fingerprint density at radius 2 is 2.22 bits per heavy atom. The molecule has 0 aromatic heterocycles. The second kappa shape index (κ2) is 7.18. The van der Waals surface area contributed by atoms with Crippen molar-refractivity contribution in [3.8, 4) is 5.75 Å². The Morgan fingerprint density at radius 1 is 1.48 bits per heavy atom. The molecule has 1 fully saturated rings. The van der Waals surface area contributed by atoms with Gasteiger partial charge in [-0.25, -0.2) is 4.79 Å². The topological polar surface area (TPSA) is 99.1 Å². The maximum absolute atomic E-state index is 12.2. The minimum atomic E-state index is -1.03. The number of nitrogens with one attached hydrogen (secondary N) is 1. The van der Waals surface area contributed by atoms with Crippen LogP contribution in [0.5, 0.6) is 5.75 Å². The van der Waals surface area contributed by atoms with Gasteiger partial charge in [0.05, 0.1) is 11.1 Å². The van der Waals surface area contributed by atoms with E-state index in [2.05, 4.69) is 21.2 Å². The Kier molecular flexibility index (Phi) is 5.48. The summed E-state index contributed by atoms with van der Waals surface area (Å²) < 4.78 is 5.56. The fourth-order valence-electron chi connectivity index (χ4n) is 2.63. The molecule has 8 heteroatoms. The number of hydrogen-bond acceptors (Lipinski definition) is 4. The Balaban J connectivity index is 1.94.